The summed E-state index contributed by atoms with van der Waals surface area (Å²) >= 11 is 0. The normalized spacial score (nSPS) is 10.9. The molecule has 0 radical (unpaired) electrons. The standard InChI is InChI=1S/C18H8N2/c19-9-15-13-7-5-11-3-1-2-4-12-6-8-14(16(15)10-20)18(13)17(11)12/h1-8H. The summed E-state index contributed by atoms with van der Waals surface area (Å²) in [7, 11) is 0. The van der Waals surface area contributed by atoms with Gasteiger partial charge in [-0.3, -0.25) is 0 Å². The Morgan fingerprint density at radius 1 is 0.600 bits per heavy atom. The highest BCUT2D eigenvalue weighted by Gasteiger charge is 2.18. The van der Waals surface area contributed by atoms with Crippen LogP contribution in [0.5, 0.6) is 0 Å². The van der Waals surface area contributed by atoms with E-state index >= 15 is 0 Å². The summed E-state index contributed by atoms with van der Waals surface area (Å²) in [5.41, 5.74) is 0.979. The number of benzene rings is 2. The van der Waals surface area contributed by atoms with Crippen LogP contribution < -0.4 is 0 Å². The van der Waals surface area contributed by atoms with Crippen LogP contribution in [0.1, 0.15) is 11.1 Å². The molecule has 4 rings (SSSR count). The van der Waals surface area contributed by atoms with E-state index in [4.69, 9.17) is 0 Å². The van der Waals surface area contributed by atoms with Crippen molar-refractivity contribution in [3.8, 4) is 12.1 Å². The molecule has 4 aromatic rings. The highest BCUT2D eigenvalue weighted by molar-refractivity contribution is 6.26. The average molecular weight is 252 g/mol. The molecule has 0 aliphatic carbocycles. The Kier molecular flexibility index (Phi) is 1.99. The van der Waals surface area contributed by atoms with Gasteiger partial charge < -0.3 is 0 Å². The lowest BCUT2D eigenvalue weighted by Gasteiger charge is -2.02. The summed E-state index contributed by atoms with van der Waals surface area (Å²) in [4.78, 5) is 0. The van der Waals surface area contributed by atoms with E-state index in [1.807, 2.05) is 36.4 Å². The van der Waals surface area contributed by atoms with Crippen LogP contribution in [0.15, 0.2) is 48.5 Å². The first-order chi connectivity index (χ1) is 9.85. The van der Waals surface area contributed by atoms with Crippen molar-refractivity contribution in [3.63, 3.8) is 0 Å². The van der Waals surface area contributed by atoms with Crippen LogP contribution in [0.25, 0.3) is 32.3 Å². The molecule has 4 aromatic carbocycles. The van der Waals surface area contributed by atoms with E-state index in [9.17, 15) is 10.5 Å². The van der Waals surface area contributed by atoms with E-state index in [0.29, 0.717) is 11.1 Å². The molecule has 0 heterocycles. The van der Waals surface area contributed by atoms with E-state index in [1.165, 1.54) is 0 Å². The number of hydrogen-bond acceptors (Lipinski definition) is 2. The maximum Gasteiger partial charge on any atom is 0.101 e. The third-order valence-electron chi connectivity index (χ3n) is 3.90. The molecular weight excluding hydrogens is 244 g/mol. The highest BCUT2D eigenvalue weighted by atomic mass is 14.3. The number of nitriles is 2. The molecule has 0 fully saturated rings. The van der Waals surface area contributed by atoms with Crippen LogP contribution >= 0.6 is 0 Å². The molecule has 20 heavy (non-hydrogen) atoms. The van der Waals surface area contributed by atoms with Crippen molar-refractivity contribution in [2.75, 3.05) is 0 Å². The smallest absolute Gasteiger partial charge is 0.101 e. The number of nitrogens with zero attached hydrogens (tertiary/aromatic N) is 2. The first-order valence-electron chi connectivity index (χ1n) is 6.35. The maximum absolute atomic E-state index is 9.37. The summed E-state index contributed by atoms with van der Waals surface area (Å²) in [6.45, 7) is 0. The lowest BCUT2D eigenvalue weighted by molar-refractivity contribution is 1.48. The Morgan fingerprint density at radius 2 is 1.10 bits per heavy atom. The fourth-order valence-electron chi connectivity index (χ4n) is 3.06. The fraction of sp³-hybridized carbons (Fsp3) is 0. The van der Waals surface area contributed by atoms with Gasteiger partial charge in [0.2, 0.25) is 0 Å². The van der Waals surface area contributed by atoms with Gasteiger partial charge in [-0.15, -0.1) is 0 Å². The van der Waals surface area contributed by atoms with Crippen molar-refractivity contribution >= 4 is 32.3 Å². The summed E-state index contributed by atoms with van der Waals surface area (Å²) in [5, 5.41) is 24.9. The Labute approximate surface area is 115 Å². The molecule has 0 unspecified atom stereocenters. The van der Waals surface area contributed by atoms with Gasteiger partial charge in [-0.25, -0.2) is 0 Å². The average Bonchev–Trinajstić information content (AvgIpc) is 2.64. The largest absolute Gasteiger partial charge is 0.192 e. The zero-order valence-electron chi connectivity index (χ0n) is 10.5. The summed E-state index contributed by atoms with van der Waals surface area (Å²) in [6, 6.07) is 20.4. The van der Waals surface area contributed by atoms with E-state index in [0.717, 1.165) is 32.3 Å². The van der Waals surface area contributed by atoms with Crippen LogP contribution in [-0.2, 0) is 0 Å². The van der Waals surface area contributed by atoms with Crippen molar-refractivity contribution in [2.24, 2.45) is 0 Å². The number of rotatable bonds is 0. The predicted molar refractivity (Wildman–Crippen MR) is 79.6 cm³/mol. The second-order valence-electron chi connectivity index (χ2n) is 4.85. The minimum atomic E-state index is 0.489. The minimum absolute atomic E-state index is 0.489. The Bertz CT molecular complexity index is 980. The molecule has 0 atom stereocenters. The topological polar surface area (TPSA) is 47.6 Å². The van der Waals surface area contributed by atoms with Crippen molar-refractivity contribution < 1.29 is 0 Å². The molecule has 90 valence electrons. The van der Waals surface area contributed by atoms with Gasteiger partial charge in [-0.05, 0) is 16.2 Å². The second-order valence-corrected chi connectivity index (χ2v) is 4.85. The summed E-state index contributed by atoms with van der Waals surface area (Å²) in [5.74, 6) is 0. The van der Waals surface area contributed by atoms with E-state index in [1.54, 1.807) is 0 Å². The lowest BCUT2D eigenvalue weighted by atomic mass is 10.0. The molecule has 0 aliphatic rings. The van der Waals surface area contributed by atoms with Gasteiger partial charge in [0.05, 0.1) is 11.1 Å². The third kappa shape index (κ3) is 1.16. The lowest BCUT2D eigenvalue weighted by Crippen LogP contribution is -1.75. The SMILES string of the molecule is N#Cc1c(C#N)c2ccc3ccccc4ccc1c2c43. The first kappa shape index (κ1) is 10.8. The third-order valence-corrected chi connectivity index (χ3v) is 3.90. The van der Waals surface area contributed by atoms with Crippen LogP contribution in [0.4, 0.5) is 0 Å². The highest BCUT2D eigenvalue weighted by Crippen LogP contribution is 2.39. The summed E-state index contributed by atoms with van der Waals surface area (Å²) in [6.07, 6.45) is 0. The Hall–Kier alpha value is -3.10. The Morgan fingerprint density at radius 3 is 1.55 bits per heavy atom. The zero-order valence-corrected chi connectivity index (χ0v) is 10.5. The molecule has 0 saturated heterocycles. The van der Waals surface area contributed by atoms with E-state index in [2.05, 4.69) is 24.3 Å². The monoisotopic (exact) mass is 252 g/mol. The molecule has 2 nitrogen and oxygen atoms in total. The maximum atomic E-state index is 9.37. The van der Waals surface area contributed by atoms with E-state index in [-0.39, 0.29) is 0 Å². The van der Waals surface area contributed by atoms with Gasteiger partial charge in [0, 0.05) is 16.2 Å². The van der Waals surface area contributed by atoms with Crippen LogP contribution in [0.3, 0.4) is 0 Å². The van der Waals surface area contributed by atoms with Gasteiger partial charge in [0.1, 0.15) is 12.1 Å². The molecule has 0 saturated carbocycles. The zero-order chi connectivity index (χ0) is 13.7. The molecular formula is C18H8N2. The molecule has 0 N–H and O–H groups in total. The van der Waals surface area contributed by atoms with Crippen LogP contribution in [0.2, 0.25) is 0 Å². The van der Waals surface area contributed by atoms with Crippen molar-refractivity contribution in [2.45, 2.75) is 0 Å². The predicted octanol–water partition coefficient (Wildman–Crippen LogP) is 4.33. The van der Waals surface area contributed by atoms with Gasteiger partial charge >= 0.3 is 0 Å². The van der Waals surface area contributed by atoms with Crippen LogP contribution in [-0.4, -0.2) is 0 Å². The second kappa shape index (κ2) is 3.70. The molecule has 0 aliphatic heterocycles. The quantitative estimate of drug-likeness (QED) is 0.467. The van der Waals surface area contributed by atoms with Crippen LogP contribution in [0, 0.1) is 22.7 Å². The van der Waals surface area contributed by atoms with Crippen molar-refractivity contribution in [3.05, 3.63) is 59.7 Å². The van der Waals surface area contributed by atoms with Gasteiger partial charge in [0.25, 0.3) is 0 Å². The van der Waals surface area contributed by atoms with Gasteiger partial charge in [-0.2, -0.15) is 10.5 Å². The van der Waals surface area contributed by atoms with Gasteiger partial charge in [-0.1, -0.05) is 48.5 Å². The summed E-state index contributed by atoms with van der Waals surface area (Å²) < 4.78 is 0. The Balaban J connectivity index is 2.47. The molecule has 0 bridgehead atoms. The fourth-order valence-corrected chi connectivity index (χ4v) is 3.06. The molecule has 0 aromatic heterocycles. The van der Waals surface area contributed by atoms with Crippen molar-refractivity contribution in [1.29, 1.82) is 10.5 Å². The van der Waals surface area contributed by atoms with Gasteiger partial charge in [0.15, 0.2) is 0 Å². The minimum Gasteiger partial charge on any atom is -0.192 e. The van der Waals surface area contributed by atoms with E-state index < -0.39 is 0 Å². The molecule has 2 heteroatoms. The van der Waals surface area contributed by atoms with Crippen molar-refractivity contribution in [1.82, 2.24) is 0 Å². The first-order valence-corrected chi connectivity index (χ1v) is 6.35. The molecule has 0 amide bonds. The molecule has 0 spiro atoms. The number of hydrogen-bond donors (Lipinski definition) is 0.